The van der Waals surface area contributed by atoms with Gasteiger partial charge in [-0.1, -0.05) is 22.0 Å². The van der Waals surface area contributed by atoms with Crippen LogP contribution in [0.3, 0.4) is 0 Å². The van der Waals surface area contributed by atoms with Gasteiger partial charge in [-0.15, -0.1) is 11.3 Å². The fourth-order valence-electron chi connectivity index (χ4n) is 1.76. The summed E-state index contributed by atoms with van der Waals surface area (Å²) in [6.45, 7) is 6.04. The quantitative estimate of drug-likeness (QED) is 0.779. The molecule has 2 rings (SSSR count). The highest BCUT2D eigenvalue weighted by Gasteiger charge is 2.17. The first-order valence-corrected chi connectivity index (χ1v) is 7.55. The number of halogens is 1. The van der Waals surface area contributed by atoms with Crippen LogP contribution in [0, 0.1) is 13.8 Å². The van der Waals surface area contributed by atoms with E-state index in [0.29, 0.717) is 11.5 Å². The molecule has 0 aliphatic carbocycles. The Bertz CT molecular complexity index is 622. The number of carbonyl (C=O) groups is 1. The molecule has 19 heavy (non-hydrogen) atoms. The molecule has 0 amide bonds. The van der Waals surface area contributed by atoms with Crippen molar-refractivity contribution in [2.24, 2.45) is 0 Å². The zero-order valence-corrected chi connectivity index (χ0v) is 13.4. The average Bonchev–Trinajstić information content (AvgIpc) is 2.71. The Morgan fingerprint density at radius 1 is 1.42 bits per heavy atom. The van der Waals surface area contributed by atoms with Gasteiger partial charge in [0.25, 0.3) is 0 Å². The number of benzene rings is 1. The molecule has 0 aliphatic rings. The largest absolute Gasteiger partial charge is 0.462 e. The van der Waals surface area contributed by atoms with Crippen molar-refractivity contribution in [3.63, 3.8) is 0 Å². The number of aryl methyl sites for hydroxylation is 2. The fraction of sp³-hybridized carbons (Fsp3) is 0.286. The number of nitrogens with zero attached hydrogens (tertiary/aromatic N) is 1. The Hall–Kier alpha value is -1.20. The maximum Gasteiger partial charge on any atom is 0.350 e. The normalized spacial score (nSPS) is 10.5. The van der Waals surface area contributed by atoms with Crippen molar-refractivity contribution in [3.8, 4) is 10.6 Å². The summed E-state index contributed by atoms with van der Waals surface area (Å²) >= 11 is 4.82. The van der Waals surface area contributed by atoms with E-state index in [1.807, 2.05) is 32.0 Å². The van der Waals surface area contributed by atoms with E-state index in [9.17, 15) is 4.79 Å². The number of ether oxygens (including phenoxy) is 1. The summed E-state index contributed by atoms with van der Waals surface area (Å²) < 4.78 is 6.07. The molecule has 2 aromatic rings. The highest BCUT2D eigenvalue weighted by Crippen LogP contribution is 2.31. The Labute approximate surface area is 124 Å². The average molecular weight is 340 g/mol. The standard InChI is InChI=1S/C14H14BrNO2S/c1-4-18-14(17)12-9(3)16-13(19-12)11-6-5-10(15)7-8(11)2/h5-7H,4H2,1-3H3. The van der Waals surface area contributed by atoms with Crippen LogP contribution in [0.5, 0.6) is 0 Å². The van der Waals surface area contributed by atoms with Gasteiger partial charge in [0, 0.05) is 10.0 Å². The molecule has 0 aliphatic heterocycles. The summed E-state index contributed by atoms with van der Waals surface area (Å²) in [6, 6.07) is 6.02. The van der Waals surface area contributed by atoms with Crippen molar-refractivity contribution in [2.45, 2.75) is 20.8 Å². The molecule has 1 aromatic heterocycles. The molecule has 0 saturated carbocycles. The molecule has 0 radical (unpaired) electrons. The van der Waals surface area contributed by atoms with Crippen LogP contribution in [0.15, 0.2) is 22.7 Å². The van der Waals surface area contributed by atoms with E-state index in [-0.39, 0.29) is 5.97 Å². The second kappa shape index (κ2) is 5.84. The van der Waals surface area contributed by atoms with Gasteiger partial charge in [-0.3, -0.25) is 0 Å². The fourth-order valence-corrected chi connectivity index (χ4v) is 3.29. The number of thiazole rings is 1. The summed E-state index contributed by atoms with van der Waals surface area (Å²) in [5.41, 5.74) is 2.89. The molecular formula is C14H14BrNO2S. The molecule has 5 heteroatoms. The number of aromatic nitrogens is 1. The van der Waals surface area contributed by atoms with E-state index in [1.54, 1.807) is 6.92 Å². The van der Waals surface area contributed by atoms with Crippen LogP contribution in [-0.4, -0.2) is 17.6 Å². The SMILES string of the molecule is CCOC(=O)c1sc(-c2ccc(Br)cc2C)nc1C. The monoisotopic (exact) mass is 339 g/mol. The molecule has 1 heterocycles. The summed E-state index contributed by atoms with van der Waals surface area (Å²) in [5.74, 6) is -0.293. The number of rotatable bonds is 3. The van der Waals surface area contributed by atoms with Crippen LogP contribution in [0.25, 0.3) is 10.6 Å². The van der Waals surface area contributed by atoms with Crippen molar-refractivity contribution < 1.29 is 9.53 Å². The Morgan fingerprint density at radius 2 is 2.16 bits per heavy atom. The molecule has 0 N–H and O–H groups in total. The van der Waals surface area contributed by atoms with E-state index >= 15 is 0 Å². The summed E-state index contributed by atoms with van der Waals surface area (Å²) in [5, 5.41) is 0.852. The first-order chi connectivity index (χ1) is 9.02. The lowest BCUT2D eigenvalue weighted by Gasteiger charge is -2.02. The minimum Gasteiger partial charge on any atom is -0.462 e. The number of hydrogen-bond acceptors (Lipinski definition) is 4. The van der Waals surface area contributed by atoms with Crippen molar-refractivity contribution in [3.05, 3.63) is 38.8 Å². The van der Waals surface area contributed by atoms with E-state index in [4.69, 9.17) is 4.74 Å². The second-order valence-corrected chi connectivity index (χ2v) is 6.03. The lowest BCUT2D eigenvalue weighted by atomic mass is 10.1. The predicted molar refractivity (Wildman–Crippen MR) is 80.7 cm³/mol. The van der Waals surface area contributed by atoms with Gasteiger partial charge in [0.2, 0.25) is 0 Å². The van der Waals surface area contributed by atoms with Gasteiger partial charge in [-0.2, -0.15) is 0 Å². The maximum absolute atomic E-state index is 11.8. The highest BCUT2D eigenvalue weighted by atomic mass is 79.9. The Balaban J connectivity index is 2.42. The molecule has 0 atom stereocenters. The van der Waals surface area contributed by atoms with Crippen molar-refractivity contribution in [1.82, 2.24) is 4.98 Å². The van der Waals surface area contributed by atoms with Crippen LogP contribution in [0.1, 0.15) is 27.9 Å². The minimum atomic E-state index is -0.293. The van der Waals surface area contributed by atoms with E-state index < -0.39 is 0 Å². The van der Waals surface area contributed by atoms with Gasteiger partial charge in [-0.05, 0) is 38.5 Å². The van der Waals surface area contributed by atoms with Crippen LogP contribution < -0.4 is 0 Å². The van der Waals surface area contributed by atoms with Gasteiger partial charge in [-0.25, -0.2) is 9.78 Å². The molecule has 0 spiro atoms. The van der Waals surface area contributed by atoms with Gasteiger partial charge in [0.15, 0.2) is 0 Å². The van der Waals surface area contributed by atoms with Crippen molar-refractivity contribution >= 4 is 33.2 Å². The Kier molecular flexibility index (Phi) is 4.37. The molecule has 3 nitrogen and oxygen atoms in total. The zero-order valence-electron chi connectivity index (χ0n) is 11.0. The summed E-state index contributed by atoms with van der Waals surface area (Å²) in [6.07, 6.45) is 0. The molecule has 1 aromatic carbocycles. The zero-order chi connectivity index (χ0) is 14.0. The van der Waals surface area contributed by atoms with Crippen LogP contribution in [0.2, 0.25) is 0 Å². The van der Waals surface area contributed by atoms with E-state index in [0.717, 1.165) is 26.3 Å². The summed E-state index contributed by atoms with van der Waals surface area (Å²) in [4.78, 5) is 16.8. The van der Waals surface area contributed by atoms with Gasteiger partial charge < -0.3 is 4.74 Å². The van der Waals surface area contributed by atoms with Gasteiger partial charge in [0.05, 0.1) is 12.3 Å². The van der Waals surface area contributed by atoms with Crippen LogP contribution in [-0.2, 0) is 4.74 Å². The first-order valence-electron chi connectivity index (χ1n) is 5.94. The van der Waals surface area contributed by atoms with Gasteiger partial charge in [0.1, 0.15) is 9.88 Å². The van der Waals surface area contributed by atoms with Crippen molar-refractivity contribution in [1.29, 1.82) is 0 Å². The maximum atomic E-state index is 11.8. The van der Waals surface area contributed by atoms with Crippen LogP contribution in [0.4, 0.5) is 0 Å². The van der Waals surface area contributed by atoms with Gasteiger partial charge >= 0.3 is 5.97 Å². The molecule has 0 bridgehead atoms. The lowest BCUT2D eigenvalue weighted by Crippen LogP contribution is -2.03. The summed E-state index contributed by atoms with van der Waals surface area (Å²) in [7, 11) is 0. The predicted octanol–water partition coefficient (Wildman–Crippen LogP) is 4.37. The van der Waals surface area contributed by atoms with Crippen LogP contribution >= 0.6 is 27.3 Å². The highest BCUT2D eigenvalue weighted by molar-refractivity contribution is 9.10. The second-order valence-electron chi connectivity index (χ2n) is 4.11. The lowest BCUT2D eigenvalue weighted by molar-refractivity contribution is 0.0531. The first kappa shape index (κ1) is 14.2. The third-order valence-corrected chi connectivity index (χ3v) is 4.34. The number of hydrogen-bond donors (Lipinski definition) is 0. The molecule has 0 saturated heterocycles. The van der Waals surface area contributed by atoms with E-state index in [1.165, 1.54) is 11.3 Å². The van der Waals surface area contributed by atoms with Crippen molar-refractivity contribution in [2.75, 3.05) is 6.61 Å². The topological polar surface area (TPSA) is 39.2 Å². The third-order valence-electron chi connectivity index (χ3n) is 2.68. The number of carbonyl (C=O) groups excluding carboxylic acids is 1. The minimum absolute atomic E-state index is 0.293. The Morgan fingerprint density at radius 3 is 2.79 bits per heavy atom. The molecular weight excluding hydrogens is 326 g/mol. The van der Waals surface area contributed by atoms with E-state index in [2.05, 4.69) is 20.9 Å². The third kappa shape index (κ3) is 3.04. The number of esters is 1. The molecule has 100 valence electrons. The molecule has 0 unspecified atom stereocenters. The molecule has 0 fully saturated rings. The smallest absolute Gasteiger partial charge is 0.350 e.